The smallest absolute Gasteiger partial charge is 0.329 e. The van der Waals surface area contributed by atoms with E-state index in [4.69, 9.17) is 4.74 Å². The summed E-state index contributed by atoms with van der Waals surface area (Å²) in [6, 6.07) is 2.21. The molecule has 1 fully saturated rings. The fraction of sp³-hybridized carbons (Fsp3) is 0.533. The number of hydrogen-bond acceptors (Lipinski definition) is 4. The van der Waals surface area contributed by atoms with Crippen LogP contribution in [0.2, 0.25) is 0 Å². The van der Waals surface area contributed by atoms with Crippen molar-refractivity contribution in [2.75, 3.05) is 6.54 Å². The van der Waals surface area contributed by atoms with Crippen molar-refractivity contribution in [3.63, 3.8) is 0 Å². The van der Waals surface area contributed by atoms with Crippen molar-refractivity contribution >= 4 is 11.9 Å². The third-order valence-corrected chi connectivity index (χ3v) is 3.18. The molecule has 0 radical (unpaired) electrons. The molecule has 2 rings (SSSR count). The SMILES string of the molecule is CC(C)(C)OC(=O)[C@@H]1CCCN1C(=O)c1cccnc1F. The Morgan fingerprint density at radius 1 is 1.43 bits per heavy atom. The van der Waals surface area contributed by atoms with Crippen LogP contribution in [-0.4, -0.2) is 39.9 Å². The van der Waals surface area contributed by atoms with Crippen LogP contribution in [0.4, 0.5) is 4.39 Å². The minimum atomic E-state index is -0.822. The first kappa shape index (κ1) is 15.4. The summed E-state index contributed by atoms with van der Waals surface area (Å²) in [4.78, 5) is 29.4. The zero-order valence-corrected chi connectivity index (χ0v) is 12.4. The largest absolute Gasteiger partial charge is 0.458 e. The highest BCUT2D eigenvalue weighted by atomic mass is 19.1. The van der Waals surface area contributed by atoms with E-state index in [9.17, 15) is 14.0 Å². The maximum Gasteiger partial charge on any atom is 0.329 e. The van der Waals surface area contributed by atoms with Crippen molar-refractivity contribution in [3.05, 3.63) is 29.8 Å². The summed E-state index contributed by atoms with van der Waals surface area (Å²) in [6.45, 7) is 5.73. The Labute approximate surface area is 123 Å². The quantitative estimate of drug-likeness (QED) is 0.619. The molecule has 0 bridgehead atoms. The van der Waals surface area contributed by atoms with Gasteiger partial charge in [-0.1, -0.05) is 0 Å². The van der Waals surface area contributed by atoms with E-state index in [-0.39, 0.29) is 5.56 Å². The van der Waals surface area contributed by atoms with E-state index in [1.54, 1.807) is 20.8 Å². The van der Waals surface area contributed by atoms with Gasteiger partial charge in [-0.25, -0.2) is 9.78 Å². The predicted molar refractivity (Wildman–Crippen MR) is 74.1 cm³/mol. The van der Waals surface area contributed by atoms with Crippen LogP contribution in [0.15, 0.2) is 18.3 Å². The molecule has 6 heteroatoms. The fourth-order valence-corrected chi connectivity index (χ4v) is 2.32. The molecule has 0 N–H and O–H groups in total. The molecule has 21 heavy (non-hydrogen) atoms. The lowest BCUT2D eigenvalue weighted by Gasteiger charge is -2.27. The molecule has 0 aliphatic carbocycles. The number of aromatic nitrogens is 1. The second-order valence-electron chi connectivity index (χ2n) is 6.03. The molecular formula is C15H19FN2O3. The van der Waals surface area contributed by atoms with Gasteiger partial charge < -0.3 is 9.64 Å². The Bertz CT molecular complexity index is 554. The monoisotopic (exact) mass is 294 g/mol. The van der Waals surface area contributed by atoms with Gasteiger partial charge in [0.2, 0.25) is 5.95 Å². The molecule has 5 nitrogen and oxygen atoms in total. The average molecular weight is 294 g/mol. The number of carbonyl (C=O) groups is 2. The fourth-order valence-electron chi connectivity index (χ4n) is 2.32. The van der Waals surface area contributed by atoms with Gasteiger partial charge in [0.15, 0.2) is 0 Å². The summed E-state index contributed by atoms with van der Waals surface area (Å²) in [6.07, 6.45) is 2.50. The number of rotatable bonds is 2. The molecule has 0 aromatic carbocycles. The predicted octanol–water partition coefficient (Wildman–Crippen LogP) is 2.17. The first-order valence-corrected chi connectivity index (χ1v) is 6.94. The molecule has 0 saturated carbocycles. The maximum atomic E-state index is 13.6. The molecule has 0 unspecified atom stereocenters. The first-order valence-electron chi connectivity index (χ1n) is 6.94. The highest BCUT2D eigenvalue weighted by Crippen LogP contribution is 2.23. The molecule has 114 valence electrons. The lowest BCUT2D eigenvalue weighted by Crippen LogP contribution is -2.43. The van der Waals surface area contributed by atoms with Crippen molar-refractivity contribution in [1.82, 2.24) is 9.88 Å². The number of hydrogen-bond donors (Lipinski definition) is 0. The lowest BCUT2D eigenvalue weighted by atomic mass is 10.1. The zero-order chi connectivity index (χ0) is 15.6. The standard InChI is InChI=1S/C15H19FN2O3/c1-15(2,3)21-14(20)11-7-5-9-18(11)13(19)10-6-4-8-17-12(10)16/h4,6,8,11H,5,7,9H2,1-3H3/t11-/m0/s1. The number of likely N-dealkylation sites (tertiary alicyclic amines) is 1. The van der Waals surface area contributed by atoms with E-state index in [0.717, 1.165) is 0 Å². The number of amides is 1. The van der Waals surface area contributed by atoms with Gasteiger partial charge in [0, 0.05) is 12.7 Å². The van der Waals surface area contributed by atoms with Gasteiger partial charge in [0.25, 0.3) is 5.91 Å². The van der Waals surface area contributed by atoms with Crippen LogP contribution in [0.25, 0.3) is 0 Å². The van der Waals surface area contributed by atoms with Crippen LogP contribution in [-0.2, 0) is 9.53 Å². The molecule has 1 aromatic rings. The third kappa shape index (κ3) is 3.56. The first-order chi connectivity index (χ1) is 9.79. The molecule has 1 amide bonds. The minimum Gasteiger partial charge on any atom is -0.458 e. The van der Waals surface area contributed by atoms with Crippen LogP contribution >= 0.6 is 0 Å². The molecule has 1 aliphatic heterocycles. The van der Waals surface area contributed by atoms with E-state index < -0.39 is 29.5 Å². The van der Waals surface area contributed by atoms with E-state index in [0.29, 0.717) is 19.4 Å². The number of carbonyl (C=O) groups excluding carboxylic acids is 2. The Hall–Kier alpha value is -1.98. The van der Waals surface area contributed by atoms with Gasteiger partial charge in [0.05, 0.1) is 5.56 Å². The number of esters is 1. The molecule has 1 aromatic heterocycles. The Kier molecular flexibility index (Phi) is 4.25. The molecule has 1 aliphatic rings. The van der Waals surface area contributed by atoms with Gasteiger partial charge in [-0.05, 0) is 45.7 Å². The van der Waals surface area contributed by atoms with Crippen molar-refractivity contribution in [2.24, 2.45) is 0 Å². The molecular weight excluding hydrogens is 275 g/mol. The molecule has 1 atom stereocenters. The van der Waals surface area contributed by atoms with E-state index in [1.165, 1.54) is 23.2 Å². The number of halogens is 1. The Morgan fingerprint density at radius 3 is 2.76 bits per heavy atom. The van der Waals surface area contributed by atoms with Gasteiger partial charge in [0.1, 0.15) is 11.6 Å². The highest BCUT2D eigenvalue weighted by molar-refractivity contribution is 5.97. The zero-order valence-electron chi connectivity index (χ0n) is 12.4. The summed E-state index contributed by atoms with van der Waals surface area (Å²) < 4.78 is 18.9. The number of ether oxygens (including phenoxy) is 1. The number of nitrogens with zero attached hydrogens (tertiary/aromatic N) is 2. The Balaban J connectivity index is 2.17. The van der Waals surface area contributed by atoms with Crippen LogP contribution in [0.3, 0.4) is 0 Å². The second-order valence-corrected chi connectivity index (χ2v) is 6.03. The second kappa shape index (κ2) is 5.79. The van der Waals surface area contributed by atoms with Gasteiger partial charge >= 0.3 is 5.97 Å². The number of pyridine rings is 1. The summed E-state index contributed by atoms with van der Waals surface area (Å²) >= 11 is 0. The van der Waals surface area contributed by atoms with Crippen LogP contribution < -0.4 is 0 Å². The summed E-state index contributed by atoms with van der Waals surface area (Å²) in [5, 5.41) is 0. The van der Waals surface area contributed by atoms with Crippen LogP contribution in [0.1, 0.15) is 44.0 Å². The topological polar surface area (TPSA) is 59.5 Å². The maximum absolute atomic E-state index is 13.6. The summed E-state index contributed by atoms with van der Waals surface area (Å²) in [5.74, 6) is -1.79. The van der Waals surface area contributed by atoms with Gasteiger partial charge in [-0.3, -0.25) is 4.79 Å². The average Bonchev–Trinajstić information content (AvgIpc) is 2.85. The van der Waals surface area contributed by atoms with E-state index in [1.807, 2.05) is 0 Å². The lowest BCUT2D eigenvalue weighted by molar-refractivity contribution is -0.159. The van der Waals surface area contributed by atoms with E-state index in [2.05, 4.69) is 4.98 Å². The minimum absolute atomic E-state index is 0.118. The van der Waals surface area contributed by atoms with Crippen molar-refractivity contribution in [2.45, 2.75) is 45.3 Å². The van der Waals surface area contributed by atoms with Gasteiger partial charge in [-0.2, -0.15) is 4.39 Å². The summed E-state index contributed by atoms with van der Waals surface area (Å²) in [5.41, 5.74) is -0.735. The van der Waals surface area contributed by atoms with Crippen LogP contribution in [0, 0.1) is 5.95 Å². The van der Waals surface area contributed by atoms with Gasteiger partial charge in [-0.15, -0.1) is 0 Å². The Morgan fingerprint density at radius 2 is 2.14 bits per heavy atom. The summed E-state index contributed by atoms with van der Waals surface area (Å²) in [7, 11) is 0. The third-order valence-electron chi connectivity index (χ3n) is 3.18. The highest BCUT2D eigenvalue weighted by Gasteiger charge is 2.38. The molecule has 1 saturated heterocycles. The van der Waals surface area contributed by atoms with Crippen molar-refractivity contribution in [1.29, 1.82) is 0 Å². The normalized spacial score (nSPS) is 18.7. The molecule has 2 heterocycles. The van der Waals surface area contributed by atoms with E-state index >= 15 is 0 Å². The van der Waals surface area contributed by atoms with Crippen molar-refractivity contribution in [3.8, 4) is 0 Å². The van der Waals surface area contributed by atoms with Crippen LogP contribution in [0.5, 0.6) is 0 Å². The molecule has 0 spiro atoms. The van der Waals surface area contributed by atoms with Crippen molar-refractivity contribution < 1.29 is 18.7 Å².